The molecule has 0 heterocycles. The SMILES string of the molecule is CCCCCCCCCCCCCCCC(=O)OCCSC[C@H](NC(C)=O)C(=O)N[C@@H](COS(=O)(=O)O)C(C)=O. The van der Waals surface area contributed by atoms with E-state index in [0.717, 1.165) is 26.2 Å². The maximum absolute atomic E-state index is 12.5. The average molecular weight is 611 g/mol. The summed E-state index contributed by atoms with van der Waals surface area (Å²) in [5.41, 5.74) is 0. The molecule has 0 saturated carbocycles. The van der Waals surface area contributed by atoms with E-state index in [9.17, 15) is 27.6 Å². The highest BCUT2D eigenvalue weighted by molar-refractivity contribution is 7.99. The third-order valence-corrected chi connectivity index (χ3v) is 7.60. The molecule has 11 nitrogen and oxygen atoms in total. The van der Waals surface area contributed by atoms with Gasteiger partial charge >= 0.3 is 16.4 Å². The van der Waals surface area contributed by atoms with E-state index in [1.54, 1.807) is 0 Å². The van der Waals surface area contributed by atoms with Gasteiger partial charge in [-0.25, -0.2) is 4.18 Å². The van der Waals surface area contributed by atoms with E-state index in [4.69, 9.17) is 9.29 Å². The second-order valence-corrected chi connectivity index (χ2v) is 12.2. The number of rotatable bonds is 26. The molecule has 0 aromatic rings. The normalized spacial score (nSPS) is 12.9. The third kappa shape index (κ3) is 24.1. The summed E-state index contributed by atoms with van der Waals surface area (Å²) >= 11 is 1.27. The van der Waals surface area contributed by atoms with Gasteiger partial charge in [0.05, 0.1) is 6.61 Å². The summed E-state index contributed by atoms with van der Waals surface area (Å²) in [6.07, 6.45) is 16.4. The first-order chi connectivity index (χ1) is 19.0. The number of thioether (sulfide) groups is 1. The van der Waals surface area contributed by atoms with E-state index in [0.29, 0.717) is 12.2 Å². The van der Waals surface area contributed by atoms with E-state index in [1.165, 1.54) is 82.9 Å². The van der Waals surface area contributed by atoms with Gasteiger partial charge in [0.25, 0.3) is 0 Å². The highest BCUT2D eigenvalue weighted by Crippen LogP contribution is 2.13. The first kappa shape index (κ1) is 38.3. The van der Waals surface area contributed by atoms with E-state index in [-0.39, 0.29) is 18.3 Å². The van der Waals surface area contributed by atoms with Crippen molar-refractivity contribution in [3.8, 4) is 0 Å². The summed E-state index contributed by atoms with van der Waals surface area (Å²) in [7, 11) is -4.79. The molecule has 234 valence electrons. The molecular formula is C27H50N2O9S2. The van der Waals surface area contributed by atoms with Crippen LogP contribution in [0.15, 0.2) is 0 Å². The number of hydrogen-bond acceptors (Lipinski definition) is 9. The Hall–Kier alpha value is -1.70. The number of carbonyl (C=O) groups excluding carboxylic acids is 4. The van der Waals surface area contributed by atoms with Crippen molar-refractivity contribution in [3.63, 3.8) is 0 Å². The quantitative estimate of drug-likeness (QED) is 0.0736. The molecule has 0 aliphatic rings. The number of ether oxygens (including phenoxy) is 1. The lowest BCUT2D eigenvalue weighted by atomic mass is 10.0. The van der Waals surface area contributed by atoms with Crippen molar-refractivity contribution in [2.45, 2.75) is 123 Å². The van der Waals surface area contributed by atoms with Gasteiger partial charge in [-0.15, -0.1) is 0 Å². The Balaban J connectivity index is 4.04. The lowest BCUT2D eigenvalue weighted by Crippen LogP contribution is -2.53. The second kappa shape index (κ2) is 24.0. The predicted molar refractivity (Wildman–Crippen MR) is 156 cm³/mol. The molecule has 0 aromatic carbocycles. The minimum atomic E-state index is -4.79. The number of ketones is 1. The molecule has 0 rings (SSSR count). The van der Waals surface area contributed by atoms with E-state index in [1.807, 2.05) is 0 Å². The van der Waals surface area contributed by atoms with Crippen LogP contribution in [0.25, 0.3) is 0 Å². The van der Waals surface area contributed by atoms with Crippen molar-refractivity contribution in [1.82, 2.24) is 10.6 Å². The number of carbonyl (C=O) groups is 4. The zero-order valence-electron chi connectivity index (χ0n) is 24.4. The molecule has 0 fully saturated rings. The summed E-state index contributed by atoms with van der Waals surface area (Å²) in [6, 6.07) is -2.35. The van der Waals surface area contributed by atoms with Gasteiger partial charge < -0.3 is 15.4 Å². The minimum Gasteiger partial charge on any atom is -0.465 e. The lowest BCUT2D eigenvalue weighted by molar-refractivity contribution is -0.143. The van der Waals surface area contributed by atoms with Gasteiger partial charge in [0.2, 0.25) is 11.8 Å². The summed E-state index contributed by atoms with van der Waals surface area (Å²) in [5.74, 6) is -1.52. The van der Waals surface area contributed by atoms with Crippen LogP contribution in [-0.4, -0.2) is 73.3 Å². The smallest absolute Gasteiger partial charge is 0.397 e. The molecule has 0 aliphatic heterocycles. The number of amides is 2. The molecule has 0 bridgehead atoms. The molecule has 2 atom stereocenters. The molecule has 0 spiro atoms. The van der Waals surface area contributed by atoms with E-state index < -0.39 is 46.7 Å². The van der Waals surface area contributed by atoms with E-state index in [2.05, 4.69) is 21.7 Å². The van der Waals surface area contributed by atoms with Gasteiger partial charge in [-0.05, 0) is 13.3 Å². The molecule has 3 N–H and O–H groups in total. The Labute approximate surface area is 244 Å². The molecule has 0 aromatic heterocycles. The van der Waals surface area contributed by atoms with Crippen molar-refractivity contribution in [2.75, 3.05) is 24.7 Å². The molecule has 40 heavy (non-hydrogen) atoms. The van der Waals surface area contributed by atoms with Gasteiger partial charge in [0.15, 0.2) is 5.78 Å². The van der Waals surface area contributed by atoms with Crippen molar-refractivity contribution >= 4 is 45.7 Å². The predicted octanol–water partition coefficient (Wildman–Crippen LogP) is 4.14. The average Bonchev–Trinajstić information content (AvgIpc) is 2.87. The number of esters is 1. The van der Waals surface area contributed by atoms with E-state index >= 15 is 0 Å². The topological polar surface area (TPSA) is 165 Å². The summed E-state index contributed by atoms with van der Waals surface area (Å²) in [4.78, 5) is 47.7. The number of unbranched alkanes of at least 4 members (excludes halogenated alkanes) is 12. The van der Waals surface area contributed by atoms with Crippen LogP contribution in [0.1, 0.15) is 111 Å². The van der Waals surface area contributed by atoms with Crippen molar-refractivity contribution in [2.24, 2.45) is 0 Å². The Morgan fingerprint density at radius 2 is 1.32 bits per heavy atom. The molecule has 0 unspecified atom stereocenters. The van der Waals surface area contributed by atoms with Gasteiger partial charge in [-0.3, -0.25) is 23.7 Å². The zero-order chi connectivity index (χ0) is 30.2. The van der Waals surface area contributed by atoms with Crippen molar-refractivity contribution in [1.29, 1.82) is 0 Å². The largest absolute Gasteiger partial charge is 0.465 e. The molecule has 0 saturated heterocycles. The maximum atomic E-state index is 12.5. The lowest BCUT2D eigenvalue weighted by Gasteiger charge is -2.21. The van der Waals surface area contributed by atoms with Crippen LogP contribution in [-0.2, 0) is 38.5 Å². The first-order valence-corrected chi connectivity index (χ1v) is 16.9. The van der Waals surface area contributed by atoms with Crippen LogP contribution >= 0.6 is 11.8 Å². The van der Waals surface area contributed by atoms with Gasteiger partial charge in [-0.1, -0.05) is 84.0 Å². The van der Waals surface area contributed by atoms with Crippen LogP contribution in [0.2, 0.25) is 0 Å². The van der Waals surface area contributed by atoms with Crippen LogP contribution in [0.5, 0.6) is 0 Å². The van der Waals surface area contributed by atoms with Crippen LogP contribution in [0, 0.1) is 0 Å². The Morgan fingerprint density at radius 3 is 1.80 bits per heavy atom. The molecular weight excluding hydrogens is 560 g/mol. The first-order valence-electron chi connectivity index (χ1n) is 14.4. The van der Waals surface area contributed by atoms with Crippen molar-refractivity contribution < 1.29 is 41.1 Å². The second-order valence-electron chi connectivity index (χ2n) is 9.93. The monoisotopic (exact) mass is 610 g/mol. The number of Topliss-reactive ketones (excluding diaryl/α,β-unsaturated/α-hetero) is 1. The Kier molecular flexibility index (Phi) is 22.9. The number of nitrogens with one attached hydrogen (secondary N) is 2. The molecule has 13 heteroatoms. The van der Waals surface area contributed by atoms with Gasteiger partial charge in [0, 0.05) is 24.9 Å². The fraction of sp³-hybridized carbons (Fsp3) is 0.852. The third-order valence-electron chi connectivity index (χ3n) is 6.14. The highest BCUT2D eigenvalue weighted by Gasteiger charge is 2.26. The van der Waals surface area contributed by atoms with Gasteiger partial charge in [0.1, 0.15) is 18.7 Å². The molecule has 0 aliphatic carbocycles. The minimum absolute atomic E-state index is 0.131. The van der Waals surface area contributed by atoms with Crippen molar-refractivity contribution in [3.05, 3.63) is 0 Å². The Morgan fingerprint density at radius 1 is 0.800 bits per heavy atom. The standard InChI is InChI=1S/C27H50N2O9S2/c1-4-5-6-7-8-9-10-11-12-13-14-15-16-17-26(32)37-18-19-39-21-25(28-23(3)31)27(33)29-24(22(2)30)20-38-40(34,35)36/h24-25H,4-21H2,1-3H3,(H,28,31)(H,29,33)(H,34,35,36)/t24-,25-/m0/s1. The fourth-order valence-electron chi connectivity index (χ4n) is 3.89. The van der Waals surface area contributed by atoms with Crippen LogP contribution in [0.4, 0.5) is 0 Å². The fourth-order valence-corrected chi connectivity index (χ4v) is 5.04. The highest BCUT2D eigenvalue weighted by atomic mass is 32.3. The van der Waals surface area contributed by atoms with Crippen LogP contribution < -0.4 is 10.6 Å². The van der Waals surface area contributed by atoms with Gasteiger partial charge in [-0.2, -0.15) is 20.2 Å². The summed E-state index contributed by atoms with van der Waals surface area (Å²) in [6.45, 7) is 3.96. The molecule has 0 radical (unpaired) electrons. The summed E-state index contributed by atoms with van der Waals surface area (Å²) < 4.78 is 39.6. The Bertz CT molecular complexity index is 838. The molecule has 2 amide bonds. The van der Waals surface area contributed by atoms with Crippen LogP contribution in [0.3, 0.4) is 0 Å². The maximum Gasteiger partial charge on any atom is 0.397 e. The zero-order valence-corrected chi connectivity index (χ0v) is 26.0. The summed E-state index contributed by atoms with van der Waals surface area (Å²) in [5, 5.41) is 4.77. The number of hydrogen-bond donors (Lipinski definition) is 3.